The van der Waals surface area contributed by atoms with E-state index in [1.54, 1.807) is 0 Å². The van der Waals surface area contributed by atoms with Crippen LogP contribution in [0.5, 0.6) is 0 Å². The Morgan fingerprint density at radius 3 is 2.72 bits per heavy atom. The summed E-state index contributed by atoms with van der Waals surface area (Å²) >= 11 is 0. The van der Waals surface area contributed by atoms with Gasteiger partial charge in [0.05, 0.1) is 6.61 Å². The highest BCUT2D eigenvalue weighted by Crippen LogP contribution is 2.13. The average Bonchev–Trinajstić information content (AvgIpc) is 2.41. The highest BCUT2D eigenvalue weighted by atomic mass is 16.6. The fourth-order valence-electron chi connectivity index (χ4n) is 2.77. The van der Waals surface area contributed by atoms with Gasteiger partial charge in [-0.1, -0.05) is 0 Å². The Hall–Kier alpha value is -0.810. The lowest BCUT2D eigenvalue weighted by molar-refractivity contribution is 0.0938. The smallest absolute Gasteiger partial charge is 0.409 e. The first kappa shape index (κ1) is 13.6. The maximum atomic E-state index is 11.6. The second-order valence-electron chi connectivity index (χ2n) is 5.17. The van der Waals surface area contributed by atoms with Crippen molar-refractivity contribution in [2.75, 3.05) is 32.8 Å². The zero-order valence-corrected chi connectivity index (χ0v) is 11.3. The van der Waals surface area contributed by atoms with Crippen LogP contribution in [-0.2, 0) is 4.74 Å². The molecule has 2 fully saturated rings. The molecule has 0 bridgehead atoms. The molecule has 2 N–H and O–H groups in total. The SMILES string of the molecule is CCOC(=O)N1CCC(NC2CCCNC2)CC1. The fourth-order valence-corrected chi connectivity index (χ4v) is 2.77. The molecule has 0 aliphatic carbocycles. The van der Waals surface area contributed by atoms with Crippen LogP contribution in [-0.4, -0.2) is 55.9 Å². The maximum absolute atomic E-state index is 11.6. The van der Waals surface area contributed by atoms with Gasteiger partial charge in [0.25, 0.3) is 0 Å². The Morgan fingerprint density at radius 1 is 1.33 bits per heavy atom. The molecule has 0 aromatic heterocycles. The van der Waals surface area contributed by atoms with Gasteiger partial charge in [0.15, 0.2) is 0 Å². The van der Waals surface area contributed by atoms with Gasteiger partial charge >= 0.3 is 6.09 Å². The van der Waals surface area contributed by atoms with Gasteiger partial charge in [-0.2, -0.15) is 0 Å². The summed E-state index contributed by atoms with van der Waals surface area (Å²) in [5.41, 5.74) is 0. The molecule has 0 aromatic rings. The quantitative estimate of drug-likeness (QED) is 0.788. The van der Waals surface area contributed by atoms with Crippen LogP contribution < -0.4 is 10.6 Å². The summed E-state index contributed by atoms with van der Waals surface area (Å²) in [4.78, 5) is 13.4. The lowest BCUT2D eigenvalue weighted by Gasteiger charge is -2.35. The van der Waals surface area contributed by atoms with Crippen molar-refractivity contribution >= 4 is 6.09 Å². The lowest BCUT2D eigenvalue weighted by Crippen LogP contribution is -2.51. The molecule has 18 heavy (non-hydrogen) atoms. The van der Waals surface area contributed by atoms with Gasteiger partial charge in [-0.05, 0) is 39.2 Å². The predicted octanol–water partition coefficient (Wildman–Crippen LogP) is 0.949. The summed E-state index contributed by atoms with van der Waals surface area (Å²) in [7, 11) is 0. The molecular weight excluding hydrogens is 230 g/mol. The van der Waals surface area contributed by atoms with Crippen LogP contribution in [0.3, 0.4) is 0 Å². The summed E-state index contributed by atoms with van der Waals surface area (Å²) in [5, 5.41) is 7.13. The minimum atomic E-state index is -0.157. The lowest BCUT2D eigenvalue weighted by atomic mass is 10.0. The molecule has 0 saturated carbocycles. The fraction of sp³-hybridized carbons (Fsp3) is 0.923. The van der Waals surface area contributed by atoms with E-state index in [1.807, 2.05) is 11.8 Å². The molecule has 2 saturated heterocycles. The van der Waals surface area contributed by atoms with E-state index < -0.39 is 0 Å². The number of carbonyl (C=O) groups excluding carboxylic acids is 1. The molecule has 5 heteroatoms. The van der Waals surface area contributed by atoms with Crippen LogP contribution >= 0.6 is 0 Å². The van der Waals surface area contributed by atoms with Crippen molar-refractivity contribution in [3.63, 3.8) is 0 Å². The number of nitrogens with zero attached hydrogens (tertiary/aromatic N) is 1. The van der Waals surface area contributed by atoms with Gasteiger partial charge in [-0.3, -0.25) is 0 Å². The normalized spacial score (nSPS) is 26.1. The number of hydrogen-bond donors (Lipinski definition) is 2. The molecule has 2 aliphatic heterocycles. The molecule has 2 aliphatic rings. The molecule has 5 nitrogen and oxygen atoms in total. The summed E-state index contributed by atoms with van der Waals surface area (Å²) in [6, 6.07) is 1.17. The van der Waals surface area contributed by atoms with Crippen molar-refractivity contribution in [1.29, 1.82) is 0 Å². The van der Waals surface area contributed by atoms with Crippen LogP contribution in [0.25, 0.3) is 0 Å². The zero-order chi connectivity index (χ0) is 12.8. The molecule has 1 unspecified atom stereocenters. The van der Waals surface area contributed by atoms with E-state index in [4.69, 9.17) is 4.74 Å². The Kier molecular flexibility index (Phi) is 5.26. The monoisotopic (exact) mass is 255 g/mol. The number of hydrogen-bond acceptors (Lipinski definition) is 4. The summed E-state index contributed by atoms with van der Waals surface area (Å²) in [6.07, 6.45) is 4.45. The van der Waals surface area contributed by atoms with Crippen molar-refractivity contribution in [2.45, 2.75) is 44.7 Å². The van der Waals surface area contributed by atoms with Crippen molar-refractivity contribution in [3.8, 4) is 0 Å². The first-order valence-corrected chi connectivity index (χ1v) is 7.18. The van der Waals surface area contributed by atoms with Crippen molar-refractivity contribution < 1.29 is 9.53 Å². The Bertz CT molecular complexity index is 259. The maximum Gasteiger partial charge on any atom is 0.409 e. The second-order valence-corrected chi connectivity index (χ2v) is 5.17. The second kappa shape index (κ2) is 6.95. The van der Waals surface area contributed by atoms with Crippen molar-refractivity contribution in [1.82, 2.24) is 15.5 Å². The van der Waals surface area contributed by atoms with E-state index in [-0.39, 0.29) is 6.09 Å². The van der Waals surface area contributed by atoms with Gasteiger partial charge in [0.2, 0.25) is 0 Å². The molecular formula is C13H25N3O2. The molecule has 1 atom stereocenters. The Morgan fingerprint density at radius 2 is 2.11 bits per heavy atom. The van der Waals surface area contributed by atoms with Crippen LogP contribution in [0, 0.1) is 0 Å². The molecule has 1 amide bonds. The number of nitrogens with one attached hydrogen (secondary N) is 2. The Labute approximate surface area is 109 Å². The molecule has 0 radical (unpaired) electrons. The van der Waals surface area contributed by atoms with Crippen molar-refractivity contribution in [2.24, 2.45) is 0 Å². The van der Waals surface area contributed by atoms with Crippen LogP contribution in [0.1, 0.15) is 32.6 Å². The minimum absolute atomic E-state index is 0.157. The number of rotatable bonds is 3. The first-order chi connectivity index (χ1) is 8.79. The van der Waals surface area contributed by atoms with E-state index in [0.29, 0.717) is 18.7 Å². The van der Waals surface area contributed by atoms with Crippen molar-refractivity contribution in [3.05, 3.63) is 0 Å². The van der Waals surface area contributed by atoms with E-state index in [1.165, 1.54) is 12.8 Å². The average molecular weight is 255 g/mol. The van der Waals surface area contributed by atoms with Gasteiger partial charge < -0.3 is 20.3 Å². The first-order valence-electron chi connectivity index (χ1n) is 7.18. The third-order valence-electron chi connectivity index (χ3n) is 3.79. The highest BCUT2D eigenvalue weighted by Gasteiger charge is 2.25. The number of likely N-dealkylation sites (tertiary alicyclic amines) is 1. The predicted molar refractivity (Wildman–Crippen MR) is 70.6 cm³/mol. The van der Waals surface area contributed by atoms with Crippen LogP contribution in [0.4, 0.5) is 4.79 Å². The molecule has 0 aromatic carbocycles. The van der Waals surface area contributed by atoms with E-state index in [9.17, 15) is 4.79 Å². The molecule has 2 heterocycles. The number of piperidine rings is 2. The summed E-state index contributed by atoms with van der Waals surface area (Å²) < 4.78 is 5.02. The molecule has 2 rings (SSSR count). The standard InChI is InChI=1S/C13H25N3O2/c1-2-18-13(17)16-8-5-11(6-9-16)15-12-4-3-7-14-10-12/h11-12,14-15H,2-10H2,1H3. The number of amides is 1. The van der Waals surface area contributed by atoms with E-state index in [0.717, 1.165) is 39.0 Å². The Balaban J connectivity index is 1.68. The van der Waals surface area contributed by atoms with Gasteiger partial charge in [-0.15, -0.1) is 0 Å². The third kappa shape index (κ3) is 3.85. The van der Waals surface area contributed by atoms with Gasteiger partial charge in [0.1, 0.15) is 0 Å². The molecule has 0 spiro atoms. The largest absolute Gasteiger partial charge is 0.450 e. The minimum Gasteiger partial charge on any atom is -0.450 e. The summed E-state index contributed by atoms with van der Waals surface area (Å²) in [6.45, 7) is 6.18. The third-order valence-corrected chi connectivity index (χ3v) is 3.79. The van der Waals surface area contributed by atoms with E-state index in [2.05, 4.69) is 10.6 Å². The number of carbonyl (C=O) groups is 1. The van der Waals surface area contributed by atoms with E-state index >= 15 is 0 Å². The zero-order valence-electron chi connectivity index (χ0n) is 11.3. The summed E-state index contributed by atoms with van der Waals surface area (Å²) in [5.74, 6) is 0. The topological polar surface area (TPSA) is 53.6 Å². The van der Waals surface area contributed by atoms with Crippen LogP contribution in [0.2, 0.25) is 0 Å². The highest BCUT2D eigenvalue weighted by molar-refractivity contribution is 5.67. The van der Waals surface area contributed by atoms with Gasteiger partial charge in [-0.25, -0.2) is 4.79 Å². The molecule has 104 valence electrons. The van der Waals surface area contributed by atoms with Gasteiger partial charge in [0, 0.05) is 31.7 Å². The van der Waals surface area contributed by atoms with Crippen LogP contribution in [0.15, 0.2) is 0 Å². The number of ether oxygens (including phenoxy) is 1.